The Kier molecular flexibility index (Phi) is 6.31. The van der Waals surface area contributed by atoms with Gasteiger partial charge in [-0.15, -0.1) is 11.8 Å². The molecule has 1 rings (SSSR count). The molecular weight excluding hydrogens is 214 g/mol. The molecular formula is C14H25NS. The predicted molar refractivity (Wildman–Crippen MR) is 74.9 cm³/mol. The topological polar surface area (TPSA) is 12.0 Å². The molecule has 2 unspecified atom stereocenters. The molecule has 0 aromatic carbocycles. The summed E-state index contributed by atoms with van der Waals surface area (Å²) in [6, 6.07) is 0.640. The molecule has 0 aliphatic carbocycles. The largest absolute Gasteiger partial charge is 0.313 e. The average Bonchev–Trinajstić information content (AvgIpc) is 2.71. The molecule has 0 amide bonds. The number of rotatable bonds is 6. The van der Waals surface area contributed by atoms with E-state index in [9.17, 15) is 0 Å². The lowest BCUT2D eigenvalue weighted by Gasteiger charge is -2.34. The van der Waals surface area contributed by atoms with E-state index >= 15 is 0 Å². The van der Waals surface area contributed by atoms with E-state index in [1.165, 1.54) is 31.4 Å². The van der Waals surface area contributed by atoms with Crippen LogP contribution in [0.2, 0.25) is 0 Å². The van der Waals surface area contributed by atoms with Crippen molar-refractivity contribution in [2.24, 2.45) is 0 Å². The predicted octanol–water partition coefficient (Wildman–Crippen LogP) is 3.44. The van der Waals surface area contributed by atoms with Crippen LogP contribution in [0.3, 0.4) is 0 Å². The van der Waals surface area contributed by atoms with Gasteiger partial charge in [-0.3, -0.25) is 0 Å². The van der Waals surface area contributed by atoms with Crippen LogP contribution in [0.25, 0.3) is 0 Å². The van der Waals surface area contributed by atoms with Crippen LogP contribution in [0.4, 0.5) is 0 Å². The van der Waals surface area contributed by atoms with E-state index in [0.717, 1.165) is 13.0 Å². The summed E-state index contributed by atoms with van der Waals surface area (Å²) in [5, 5.41) is 3.72. The summed E-state index contributed by atoms with van der Waals surface area (Å²) in [4.78, 5) is 0. The molecule has 2 atom stereocenters. The lowest BCUT2D eigenvalue weighted by atomic mass is 9.92. The smallest absolute Gasteiger partial charge is 0.0285 e. The van der Waals surface area contributed by atoms with Crippen LogP contribution in [-0.2, 0) is 0 Å². The molecule has 0 aromatic rings. The molecule has 0 spiro atoms. The highest BCUT2D eigenvalue weighted by Crippen LogP contribution is 2.41. The lowest BCUT2D eigenvalue weighted by Crippen LogP contribution is -2.45. The fourth-order valence-electron chi connectivity index (χ4n) is 2.36. The zero-order chi connectivity index (χ0) is 11.9. The van der Waals surface area contributed by atoms with Gasteiger partial charge >= 0.3 is 0 Å². The van der Waals surface area contributed by atoms with Crippen molar-refractivity contribution < 1.29 is 0 Å². The van der Waals surface area contributed by atoms with Crippen LogP contribution in [0.5, 0.6) is 0 Å². The molecule has 1 heterocycles. The maximum absolute atomic E-state index is 3.72. The van der Waals surface area contributed by atoms with Gasteiger partial charge < -0.3 is 5.32 Å². The first-order valence-electron chi connectivity index (χ1n) is 6.50. The molecule has 1 saturated heterocycles. The van der Waals surface area contributed by atoms with Gasteiger partial charge in [0.2, 0.25) is 0 Å². The first-order valence-corrected chi connectivity index (χ1v) is 7.48. The van der Waals surface area contributed by atoms with E-state index in [1.807, 2.05) is 6.92 Å². The van der Waals surface area contributed by atoms with Gasteiger partial charge in [-0.1, -0.05) is 6.92 Å². The van der Waals surface area contributed by atoms with E-state index in [-0.39, 0.29) is 0 Å². The molecule has 1 aliphatic rings. The molecule has 0 bridgehead atoms. The number of hydrogen-bond acceptors (Lipinski definition) is 2. The highest BCUT2D eigenvalue weighted by molar-refractivity contribution is 8.00. The van der Waals surface area contributed by atoms with Gasteiger partial charge in [0.1, 0.15) is 0 Å². The van der Waals surface area contributed by atoms with Gasteiger partial charge in [-0.2, -0.15) is 11.8 Å². The van der Waals surface area contributed by atoms with Crippen molar-refractivity contribution in [3.05, 3.63) is 0 Å². The summed E-state index contributed by atoms with van der Waals surface area (Å²) in [6.45, 7) is 7.73. The van der Waals surface area contributed by atoms with E-state index in [1.54, 1.807) is 0 Å². The monoisotopic (exact) mass is 239 g/mol. The third kappa shape index (κ3) is 4.03. The zero-order valence-electron chi connectivity index (χ0n) is 10.9. The van der Waals surface area contributed by atoms with Crippen molar-refractivity contribution in [1.29, 1.82) is 0 Å². The van der Waals surface area contributed by atoms with Gasteiger partial charge in [0.15, 0.2) is 0 Å². The van der Waals surface area contributed by atoms with Crippen LogP contribution in [0.15, 0.2) is 0 Å². The van der Waals surface area contributed by atoms with Crippen LogP contribution in [0.1, 0.15) is 52.9 Å². The fraction of sp³-hybridized carbons (Fsp3) is 0.857. The Morgan fingerprint density at radius 1 is 1.50 bits per heavy atom. The summed E-state index contributed by atoms with van der Waals surface area (Å²) in [5.41, 5.74) is 0. The Hall–Kier alpha value is -0.130. The molecule has 0 aromatic heterocycles. The van der Waals surface area contributed by atoms with Crippen molar-refractivity contribution in [3.8, 4) is 11.8 Å². The standard InChI is InChI=1S/C14H25NS/c1-4-6-7-9-13(15-11-5-2)14(3)10-8-12-16-14/h13,15H,5,7-12H2,1-3H3. The maximum Gasteiger partial charge on any atom is 0.0285 e. The molecule has 1 fully saturated rings. The number of nitrogens with one attached hydrogen (secondary N) is 1. The lowest BCUT2D eigenvalue weighted by molar-refractivity contribution is 0.384. The van der Waals surface area contributed by atoms with Gasteiger partial charge in [0, 0.05) is 17.2 Å². The van der Waals surface area contributed by atoms with Gasteiger partial charge in [0.25, 0.3) is 0 Å². The molecule has 2 heteroatoms. The first kappa shape index (κ1) is 13.9. The molecule has 92 valence electrons. The molecule has 1 N–H and O–H groups in total. The highest BCUT2D eigenvalue weighted by atomic mass is 32.2. The van der Waals surface area contributed by atoms with Crippen molar-refractivity contribution in [2.45, 2.75) is 63.7 Å². The van der Waals surface area contributed by atoms with E-state index < -0.39 is 0 Å². The fourth-order valence-corrected chi connectivity index (χ4v) is 3.80. The summed E-state index contributed by atoms with van der Waals surface area (Å²) in [5.74, 6) is 7.53. The van der Waals surface area contributed by atoms with Crippen LogP contribution in [-0.4, -0.2) is 23.1 Å². The van der Waals surface area contributed by atoms with Gasteiger partial charge in [-0.25, -0.2) is 0 Å². The van der Waals surface area contributed by atoms with Crippen molar-refractivity contribution >= 4 is 11.8 Å². The molecule has 0 radical (unpaired) electrons. The Morgan fingerprint density at radius 2 is 2.31 bits per heavy atom. The van der Waals surface area contributed by atoms with E-state index in [4.69, 9.17) is 0 Å². The molecule has 1 nitrogen and oxygen atoms in total. The molecule has 16 heavy (non-hydrogen) atoms. The number of hydrogen-bond donors (Lipinski definition) is 1. The Morgan fingerprint density at radius 3 is 2.88 bits per heavy atom. The Bertz CT molecular complexity index is 245. The Labute approximate surface area is 105 Å². The molecule has 0 saturated carbocycles. The minimum Gasteiger partial charge on any atom is -0.313 e. The van der Waals surface area contributed by atoms with E-state index in [0.29, 0.717) is 10.8 Å². The van der Waals surface area contributed by atoms with Crippen LogP contribution >= 0.6 is 11.8 Å². The van der Waals surface area contributed by atoms with Gasteiger partial charge in [-0.05, 0) is 51.8 Å². The second-order valence-electron chi connectivity index (χ2n) is 4.74. The third-order valence-corrected chi connectivity index (χ3v) is 5.00. The van der Waals surface area contributed by atoms with Crippen LogP contribution < -0.4 is 5.32 Å². The minimum absolute atomic E-state index is 0.449. The summed E-state index contributed by atoms with van der Waals surface area (Å²) in [7, 11) is 0. The SMILES string of the molecule is CC#CCCC(NCCC)C1(C)CCCS1. The maximum atomic E-state index is 3.72. The Balaban J connectivity index is 2.49. The minimum atomic E-state index is 0.449. The first-order chi connectivity index (χ1) is 7.73. The van der Waals surface area contributed by atoms with Crippen LogP contribution in [0, 0.1) is 11.8 Å². The third-order valence-electron chi connectivity index (χ3n) is 3.36. The van der Waals surface area contributed by atoms with Gasteiger partial charge in [0.05, 0.1) is 0 Å². The normalized spacial score (nSPS) is 26.2. The quantitative estimate of drug-likeness (QED) is 0.713. The summed E-state index contributed by atoms with van der Waals surface area (Å²) in [6.07, 6.45) is 6.19. The highest BCUT2D eigenvalue weighted by Gasteiger charge is 2.36. The van der Waals surface area contributed by atoms with Crippen molar-refractivity contribution in [2.75, 3.05) is 12.3 Å². The van der Waals surface area contributed by atoms with Crippen molar-refractivity contribution in [1.82, 2.24) is 5.32 Å². The second-order valence-corrected chi connectivity index (χ2v) is 6.37. The zero-order valence-corrected chi connectivity index (χ0v) is 11.8. The summed E-state index contributed by atoms with van der Waals surface area (Å²) < 4.78 is 0.449. The van der Waals surface area contributed by atoms with Crippen molar-refractivity contribution in [3.63, 3.8) is 0 Å². The molecule has 1 aliphatic heterocycles. The average molecular weight is 239 g/mol. The summed E-state index contributed by atoms with van der Waals surface area (Å²) >= 11 is 2.15. The number of thioether (sulfide) groups is 1. The van der Waals surface area contributed by atoms with E-state index in [2.05, 4.69) is 42.8 Å². The second kappa shape index (κ2) is 7.25.